The van der Waals surface area contributed by atoms with Crippen LogP contribution in [0.3, 0.4) is 0 Å². The second-order valence-electron chi connectivity index (χ2n) is 4.39. The molecule has 0 radical (unpaired) electrons. The molecular formula is C14H14N4S. The molecule has 0 saturated heterocycles. The van der Waals surface area contributed by atoms with E-state index in [4.69, 9.17) is 0 Å². The van der Waals surface area contributed by atoms with Crippen molar-refractivity contribution < 1.29 is 0 Å². The lowest BCUT2D eigenvalue weighted by atomic mass is 9.98. The average molecular weight is 270 g/mol. The van der Waals surface area contributed by atoms with Gasteiger partial charge in [-0.3, -0.25) is 4.98 Å². The summed E-state index contributed by atoms with van der Waals surface area (Å²) in [6.45, 7) is 1.99. The third-order valence-electron chi connectivity index (χ3n) is 3.27. The highest BCUT2D eigenvalue weighted by Gasteiger charge is 2.19. The number of aromatic nitrogens is 3. The number of hydrogen-bond acceptors (Lipinski definition) is 5. The third kappa shape index (κ3) is 2.11. The van der Waals surface area contributed by atoms with E-state index in [0.717, 1.165) is 16.0 Å². The van der Waals surface area contributed by atoms with Crippen LogP contribution in [-0.2, 0) is 0 Å². The van der Waals surface area contributed by atoms with Crippen molar-refractivity contribution in [2.45, 2.75) is 13.0 Å². The van der Waals surface area contributed by atoms with Crippen LogP contribution in [0, 0.1) is 6.92 Å². The Kier molecular flexibility index (Phi) is 3.23. The lowest BCUT2D eigenvalue weighted by Gasteiger charge is -2.17. The van der Waals surface area contributed by atoms with E-state index in [-0.39, 0.29) is 6.04 Å². The van der Waals surface area contributed by atoms with Crippen molar-refractivity contribution in [3.05, 3.63) is 52.8 Å². The van der Waals surface area contributed by atoms with E-state index in [1.807, 2.05) is 32.4 Å². The molecule has 1 atom stereocenters. The zero-order chi connectivity index (χ0) is 13.2. The van der Waals surface area contributed by atoms with Gasteiger partial charge in [0.2, 0.25) is 0 Å². The minimum absolute atomic E-state index is 0.105. The number of nitrogens with zero attached hydrogens (tertiary/aromatic N) is 3. The van der Waals surface area contributed by atoms with E-state index in [1.54, 1.807) is 0 Å². The van der Waals surface area contributed by atoms with Crippen molar-refractivity contribution in [1.29, 1.82) is 0 Å². The maximum absolute atomic E-state index is 4.24. The topological polar surface area (TPSA) is 50.7 Å². The fraction of sp³-hybridized carbons (Fsp3) is 0.214. The monoisotopic (exact) mass is 270 g/mol. The van der Waals surface area contributed by atoms with Gasteiger partial charge in [0.1, 0.15) is 0 Å². The van der Waals surface area contributed by atoms with Crippen molar-refractivity contribution in [3.8, 4) is 0 Å². The summed E-state index contributed by atoms with van der Waals surface area (Å²) in [4.78, 5) is 5.39. The molecule has 0 saturated carbocycles. The van der Waals surface area contributed by atoms with Crippen LogP contribution < -0.4 is 5.32 Å². The molecule has 0 aliphatic rings. The van der Waals surface area contributed by atoms with Crippen LogP contribution in [0.5, 0.6) is 0 Å². The summed E-state index contributed by atoms with van der Waals surface area (Å²) >= 11 is 1.44. The fourth-order valence-corrected chi connectivity index (χ4v) is 3.09. The second-order valence-corrected chi connectivity index (χ2v) is 5.17. The minimum Gasteiger partial charge on any atom is -0.309 e. The summed E-state index contributed by atoms with van der Waals surface area (Å²) in [7, 11) is 1.96. The Morgan fingerprint density at radius 2 is 2.16 bits per heavy atom. The van der Waals surface area contributed by atoms with Gasteiger partial charge in [0.05, 0.1) is 16.6 Å². The summed E-state index contributed by atoms with van der Waals surface area (Å²) in [6, 6.07) is 8.44. The number of pyridine rings is 1. The molecule has 0 amide bonds. The highest BCUT2D eigenvalue weighted by Crippen LogP contribution is 2.31. The largest absolute Gasteiger partial charge is 0.309 e. The van der Waals surface area contributed by atoms with Crippen LogP contribution in [0.15, 0.2) is 36.7 Å². The van der Waals surface area contributed by atoms with Gasteiger partial charge in [0.25, 0.3) is 0 Å². The average Bonchev–Trinajstić information content (AvgIpc) is 2.86. The SMILES string of the molecule is CNC(c1snnc1C)c1cccc2ccncc12. The van der Waals surface area contributed by atoms with Gasteiger partial charge in [-0.1, -0.05) is 22.7 Å². The number of benzene rings is 1. The first-order chi connectivity index (χ1) is 9.31. The minimum atomic E-state index is 0.105. The highest BCUT2D eigenvalue weighted by atomic mass is 32.1. The maximum Gasteiger partial charge on any atom is 0.0776 e. The highest BCUT2D eigenvalue weighted by molar-refractivity contribution is 7.05. The quantitative estimate of drug-likeness (QED) is 0.795. The lowest BCUT2D eigenvalue weighted by molar-refractivity contribution is 0.702. The van der Waals surface area contributed by atoms with Gasteiger partial charge >= 0.3 is 0 Å². The van der Waals surface area contributed by atoms with Gasteiger partial charge < -0.3 is 5.32 Å². The van der Waals surface area contributed by atoms with E-state index >= 15 is 0 Å². The van der Waals surface area contributed by atoms with Crippen LogP contribution >= 0.6 is 11.5 Å². The van der Waals surface area contributed by atoms with Crippen LogP contribution in [0.1, 0.15) is 22.2 Å². The number of fused-ring (bicyclic) bond motifs is 1. The number of hydrogen-bond donors (Lipinski definition) is 1. The lowest BCUT2D eigenvalue weighted by Crippen LogP contribution is -2.17. The first kappa shape index (κ1) is 12.2. The maximum atomic E-state index is 4.24. The molecule has 3 aromatic rings. The Morgan fingerprint density at radius 1 is 1.26 bits per heavy atom. The molecule has 2 heterocycles. The molecule has 3 rings (SSSR count). The number of nitrogens with one attached hydrogen (secondary N) is 1. The molecule has 2 aromatic heterocycles. The Bertz CT molecular complexity index is 702. The molecule has 1 aromatic carbocycles. The third-order valence-corrected chi connectivity index (χ3v) is 4.16. The first-order valence-electron chi connectivity index (χ1n) is 6.10. The van der Waals surface area contributed by atoms with E-state index in [2.05, 4.69) is 38.1 Å². The van der Waals surface area contributed by atoms with Gasteiger partial charge in [-0.15, -0.1) is 5.10 Å². The zero-order valence-corrected chi connectivity index (χ0v) is 11.6. The van der Waals surface area contributed by atoms with Gasteiger partial charge in [-0.25, -0.2) is 0 Å². The van der Waals surface area contributed by atoms with Crippen molar-refractivity contribution in [2.75, 3.05) is 7.05 Å². The normalized spacial score (nSPS) is 12.7. The molecule has 0 bridgehead atoms. The van der Waals surface area contributed by atoms with Gasteiger partial charge in [0, 0.05) is 17.8 Å². The van der Waals surface area contributed by atoms with Gasteiger partial charge in [-0.2, -0.15) is 0 Å². The Labute approximate surface area is 115 Å². The Balaban J connectivity index is 2.20. The molecule has 4 nitrogen and oxygen atoms in total. The summed E-state index contributed by atoms with van der Waals surface area (Å²) in [5.74, 6) is 0. The molecule has 0 aliphatic heterocycles. The predicted octanol–water partition coefficient (Wildman–Crippen LogP) is 2.70. The van der Waals surface area contributed by atoms with Crippen molar-refractivity contribution >= 4 is 22.3 Å². The van der Waals surface area contributed by atoms with Crippen LogP contribution in [-0.4, -0.2) is 21.6 Å². The fourth-order valence-electron chi connectivity index (χ4n) is 2.32. The summed E-state index contributed by atoms with van der Waals surface area (Å²) in [5, 5.41) is 9.82. The molecule has 0 aliphatic carbocycles. The molecule has 1 unspecified atom stereocenters. The van der Waals surface area contributed by atoms with E-state index in [9.17, 15) is 0 Å². The van der Waals surface area contributed by atoms with Crippen LogP contribution in [0.2, 0.25) is 0 Å². The second kappa shape index (κ2) is 5.03. The molecule has 0 fully saturated rings. The molecule has 96 valence electrons. The van der Waals surface area contributed by atoms with Crippen molar-refractivity contribution in [2.24, 2.45) is 0 Å². The number of rotatable bonds is 3. The number of aryl methyl sites for hydroxylation is 1. The molecule has 5 heteroatoms. The molecule has 1 N–H and O–H groups in total. The zero-order valence-electron chi connectivity index (χ0n) is 10.8. The Hall–Kier alpha value is -1.85. The smallest absolute Gasteiger partial charge is 0.0776 e. The predicted molar refractivity (Wildman–Crippen MR) is 77.3 cm³/mol. The standard InChI is InChI=1S/C14H14N4S/c1-9-14(19-18-17-9)13(15-2)11-5-3-4-10-6-7-16-8-12(10)11/h3-8,13,15H,1-2H3. The van der Waals surface area contributed by atoms with Gasteiger partial charge in [0.15, 0.2) is 0 Å². The summed E-state index contributed by atoms with van der Waals surface area (Å²) in [6.07, 6.45) is 3.73. The van der Waals surface area contributed by atoms with E-state index in [1.165, 1.54) is 22.5 Å². The van der Waals surface area contributed by atoms with E-state index in [0.29, 0.717) is 0 Å². The van der Waals surface area contributed by atoms with Crippen LogP contribution in [0.25, 0.3) is 10.8 Å². The van der Waals surface area contributed by atoms with Gasteiger partial charge in [-0.05, 0) is 42.5 Å². The molecule has 19 heavy (non-hydrogen) atoms. The molecule has 0 spiro atoms. The first-order valence-corrected chi connectivity index (χ1v) is 6.87. The summed E-state index contributed by atoms with van der Waals surface area (Å²) in [5.41, 5.74) is 2.19. The van der Waals surface area contributed by atoms with Crippen LogP contribution in [0.4, 0.5) is 0 Å². The molecular weight excluding hydrogens is 256 g/mol. The Morgan fingerprint density at radius 3 is 2.89 bits per heavy atom. The van der Waals surface area contributed by atoms with E-state index < -0.39 is 0 Å². The van der Waals surface area contributed by atoms with Crippen molar-refractivity contribution in [3.63, 3.8) is 0 Å². The van der Waals surface area contributed by atoms with Crippen molar-refractivity contribution in [1.82, 2.24) is 19.9 Å². The summed E-state index contributed by atoms with van der Waals surface area (Å²) < 4.78 is 4.03.